The van der Waals surface area contributed by atoms with Gasteiger partial charge in [0.2, 0.25) is 0 Å². The van der Waals surface area contributed by atoms with Crippen LogP contribution in [-0.2, 0) is 11.3 Å². The van der Waals surface area contributed by atoms with Crippen LogP contribution in [0.25, 0.3) is 0 Å². The number of rotatable bonds is 5. The van der Waals surface area contributed by atoms with E-state index in [1.807, 2.05) is 41.0 Å². The molecule has 5 heteroatoms. The van der Waals surface area contributed by atoms with Gasteiger partial charge in [0, 0.05) is 36.3 Å². The van der Waals surface area contributed by atoms with Gasteiger partial charge in [-0.3, -0.25) is 9.78 Å². The highest BCUT2D eigenvalue weighted by molar-refractivity contribution is 7.08. The van der Waals surface area contributed by atoms with E-state index < -0.39 is 0 Å². The fourth-order valence-corrected chi connectivity index (χ4v) is 5.07. The minimum absolute atomic E-state index is 0.142. The zero-order valence-electron chi connectivity index (χ0n) is 14.6. The molecule has 1 aliphatic carbocycles. The molecule has 1 amide bonds. The normalized spacial score (nSPS) is 25.3. The number of aryl methyl sites for hydroxylation is 1. The number of ether oxygens (including phenoxy) is 1. The first-order valence-electron chi connectivity index (χ1n) is 8.96. The van der Waals surface area contributed by atoms with E-state index in [1.54, 1.807) is 11.3 Å². The molecule has 0 bridgehead atoms. The molecule has 1 aliphatic heterocycles. The largest absolute Gasteiger partial charge is 0.376 e. The molecule has 25 heavy (non-hydrogen) atoms. The van der Waals surface area contributed by atoms with Gasteiger partial charge in [-0.15, -0.1) is 0 Å². The van der Waals surface area contributed by atoms with Gasteiger partial charge in [0.05, 0.1) is 18.8 Å². The first kappa shape index (κ1) is 16.7. The minimum Gasteiger partial charge on any atom is -0.376 e. The molecule has 0 unspecified atom stereocenters. The number of hydrogen-bond acceptors (Lipinski definition) is 4. The molecule has 4 rings (SSSR count). The maximum Gasteiger partial charge on any atom is 0.254 e. The summed E-state index contributed by atoms with van der Waals surface area (Å²) in [7, 11) is 0. The minimum atomic E-state index is 0.142. The van der Waals surface area contributed by atoms with Gasteiger partial charge < -0.3 is 9.64 Å². The molecule has 132 valence electrons. The van der Waals surface area contributed by atoms with Crippen molar-refractivity contribution < 1.29 is 9.53 Å². The van der Waals surface area contributed by atoms with Crippen LogP contribution in [0, 0.1) is 18.3 Å². The van der Waals surface area contributed by atoms with Crippen LogP contribution >= 0.6 is 11.3 Å². The molecule has 4 nitrogen and oxygen atoms in total. The lowest BCUT2D eigenvalue weighted by molar-refractivity contribution is 0.0264. The number of nitrogens with zero attached hydrogens (tertiary/aromatic N) is 2. The molecule has 0 spiro atoms. The van der Waals surface area contributed by atoms with E-state index in [0.29, 0.717) is 12.5 Å². The molecular formula is C20H24N2O2S. The Balaban J connectivity index is 1.40. The fraction of sp³-hybridized carbons (Fsp3) is 0.500. The topological polar surface area (TPSA) is 42.4 Å². The highest BCUT2D eigenvalue weighted by atomic mass is 32.1. The molecule has 1 saturated carbocycles. The van der Waals surface area contributed by atoms with E-state index in [9.17, 15) is 4.79 Å². The second kappa shape index (κ2) is 6.89. The third-order valence-corrected chi connectivity index (χ3v) is 6.37. The van der Waals surface area contributed by atoms with Crippen molar-refractivity contribution in [3.63, 3.8) is 0 Å². The monoisotopic (exact) mass is 356 g/mol. The molecular weight excluding hydrogens is 332 g/mol. The molecule has 2 aliphatic rings. The van der Waals surface area contributed by atoms with Crippen LogP contribution in [0.1, 0.15) is 40.7 Å². The zero-order valence-corrected chi connectivity index (χ0v) is 15.4. The van der Waals surface area contributed by atoms with Crippen molar-refractivity contribution >= 4 is 17.2 Å². The highest BCUT2D eigenvalue weighted by Gasteiger charge is 2.50. The van der Waals surface area contributed by atoms with Gasteiger partial charge in [-0.2, -0.15) is 11.3 Å². The average molecular weight is 356 g/mol. The number of pyridine rings is 1. The predicted molar refractivity (Wildman–Crippen MR) is 98.6 cm³/mol. The average Bonchev–Trinajstić information content (AvgIpc) is 3.30. The lowest BCUT2D eigenvalue weighted by atomic mass is 9.81. The number of amides is 1. The number of likely N-dealkylation sites (tertiary alicyclic amines) is 1. The van der Waals surface area contributed by atoms with Crippen LogP contribution in [0.5, 0.6) is 0 Å². The molecule has 2 aromatic rings. The first-order valence-corrected chi connectivity index (χ1v) is 9.90. The van der Waals surface area contributed by atoms with Gasteiger partial charge >= 0.3 is 0 Å². The number of fused-ring (bicyclic) bond motifs is 1. The van der Waals surface area contributed by atoms with Crippen LogP contribution in [0.2, 0.25) is 0 Å². The van der Waals surface area contributed by atoms with Crippen LogP contribution in [0.4, 0.5) is 0 Å². The molecule has 1 saturated heterocycles. The highest BCUT2D eigenvalue weighted by Crippen LogP contribution is 2.49. The van der Waals surface area contributed by atoms with Crippen LogP contribution in [-0.4, -0.2) is 35.5 Å². The van der Waals surface area contributed by atoms with Crippen LogP contribution in [0.3, 0.4) is 0 Å². The molecule has 0 aromatic carbocycles. The van der Waals surface area contributed by atoms with Gasteiger partial charge in [0.15, 0.2) is 0 Å². The Morgan fingerprint density at radius 1 is 1.48 bits per heavy atom. The Morgan fingerprint density at radius 3 is 3.20 bits per heavy atom. The molecule has 0 N–H and O–H groups in total. The van der Waals surface area contributed by atoms with Crippen molar-refractivity contribution in [2.24, 2.45) is 11.3 Å². The summed E-state index contributed by atoms with van der Waals surface area (Å²) in [5, 5.41) is 3.92. The van der Waals surface area contributed by atoms with E-state index >= 15 is 0 Å². The predicted octanol–water partition coefficient (Wildman–Crippen LogP) is 3.91. The zero-order chi connectivity index (χ0) is 17.3. The van der Waals surface area contributed by atoms with E-state index in [2.05, 4.69) is 11.1 Å². The second-order valence-corrected chi connectivity index (χ2v) is 8.29. The van der Waals surface area contributed by atoms with Gasteiger partial charge in [-0.25, -0.2) is 0 Å². The summed E-state index contributed by atoms with van der Waals surface area (Å²) < 4.78 is 6.11. The number of thiophene rings is 1. The van der Waals surface area contributed by atoms with Crippen molar-refractivity contribution in [3.05, 3.63) is 52.0 Å². The Kier molecular flexibility index (Phi) is 4.61. The number of hydrogen-bond donors (Lipinski definition) is 0. The van der Waals surface area contributed by atoms with Crippen molar-refractivity contribution in [1.82, 2.24) is 9.88 Å². The smallest absolute Gasteiger partial charge is 0.254 e. The molecule has 3 heterocycles. The number of aromatic nitrogens is 1. The maximum atomic E-state index is 12.7. The van der Waals surface area contributed by atoms with E-state index in [0.717, 1.165) is 42.8 Å². The summed E-state index contributed by atoms with van der Waals surface area (Å²) in [6.07, 6.45) is 7.36. The first-order chi connectivity index (χ1) is 12.2. The molecule has 2 atom stereocenters. The maximum absolute atomic E-state index is 12.7. The lowest BCUT2D eigenvalue weighted by Crippen LogP contribution is -2.34. The second-order valence-electron chi connectivity index (χ2n) is 7.51. The van der Waals surface area contributed by atoms with Gasteiger partial charge in [0.25, 0.3) is 5.91 Å². The third kappa shape index (κ3) is 3.35. The van der Waals surface area contributed by atoms with Gasteiger partial charge in [-0.1, -0.05) is 12.5 Å². The van der Waals surface area contributed by atoms with Crippen molar-refractivity contribution in [1.29, 1.82) is 0 Å². The van der Waals surface area contributed by atoms with E-state index in [1.165, 1.54) is 12.8 Å². The van der Waals surface area contributed by atoms with Crippen molar-refractivity contribution in [2.75, 3.05) is 19.7 Å². The van der Waals surface area contributed by atoms with Crippen molar-refractivity contribution in [2.45, 2.75) is 32.8 Å². The Labute approximate surface area is 152 Å². The Morgan fingerprint density at radius 2 is 2.40 bits per heavy atom. The Hall–Kier alpha value is -1.72. The Bertz CT molecular complexity index is 746. The molecule has 0 radical (unpaired) electrons. The summed E-state index contributed by atoms with van der Waals surface area (Å²) in [4.78, 5) is 19.0. The third-order valence-electron chi connectivity index (χ3n) is 5.68. The molecule has 2 fully saturated rings. The summed E-state index contributed by atoms with van der Waals surface area (Å²) in [6, 6.07) is 4.05. The van der Waals surface area contributed by atoms with E-state index in [4.69, 9.17) is 4.74 Å². The fourth-order valence-electron chi connectivity index (χ4n) is 4.44. The molecule has 2 aromatic heterocycles. The number of carbonyl (C=O) groups is 1. The SMILES string of the molecule is Cc1cncc(COC[C@@]23CCC[C@@H]2CN(C(=O)c2ccsc2)C3)c1. The lowest BCUT2D eigenvalue weighted by Gasteiger charge is -2.28. The summed E-state index contributed by atoms with van der Waals surface area (Å²) >= 11 is 1.58. The van der Waals surface area contributed by atoms with Crippen LogP contribution in [0.15, 0.2) is 35.3 Å². The van der Waals surface area contributed by atoms with Gasteiger partial charge in [-0.05, 0) is 48.3 Å². The standard InChI is InChI=1S/C20H24N2O2S/c1-15-7-16(9-21-8-15)11-24-14-20-5-2-3-18(20)10-22(13-20)19(23)17-4-6-25-12-17/h4,6-9,12,18H,2-3,5,10-11,13-14H2,1H3/t18-,20+/m1/s1. The quantitative estimate of drug-likeness (QED) is 0.816. The summed E-state index contributed by atoms with van der Waals surface area (Å²) in [5.74, 6) is 0.753. The van der Waals surface area contributed by atoms with Gasteiger partial charge in [0.1, 0.15) is 0 Å². The summed E-state index contributed by atoms with van der Waals surface area (Å²) in [6.45, 7) is 5.09. The van der Waals surface area contributed by atoms with Crippen molar-refractivity contribution in [3.8, 4) is 0 Å². The van der Waals surface area contributed by atoms with E-state index in [-0.39, 0.29) is 11.3 Å². The number of carbonyl (C=O) groups excluding carboxylic acids is 1. The van der Waals surface area contributed by atoms with Crippen LogP contribution < -0.4 is 0 Å². The summed E-state index contributed by atoms with van der Waals surface area (Å²) in [5.41, 5.74) is 3.25.